The molecule has 2 nitrogen and oxygen atoms in total. The Hall–Kier alpha value is -0.0800. The van der Waals surface area contributed by atoms with Crippen LogP contribution in [-0.2, 0) is 0 Å². The van der Waals surface area contributed by atoms with E-state index in [0.717, 1.165) is 11.8 Å². The van der Waals surface area contributed by atoms with Gasteiger partial charge in [0.15, 0.2) is 0 Å². The van der Waals surface area contributed by atoms with Gasteiger partial charge in [0.25, 0.3) is 0 Å². The molecule has 3 atom stereocenters. The van der Waals surface area contributed by atoms with E-state index in [2.05, 4.69) is 38.5 Å². The average Bonchev–Trinajstić information content (AvgIpc) is 2.68. The second kappa shape index (κ2) is 6.49. The van der Waals surface area contributed by atoms with Crippen molar-refractivity contribution in [2.24, 2.45) is 11.8 Å². The summed E-state index contributed by atoms with van der Waals surface area (Å²) in [4.78, 5) is 0. The summed E-state index contributed by atoms with van der Waals surface area (Å²) >= 11 is 0. The minimum Gasteiger partial charge on any atom is -0.254 e. The van der Waals surface area contributed by atoms with Crippen LogP contribution in [0.5, 0.6) is 0 Å². The van der Waals surface area contributed by atoms with Crippen molar-refractivity contribution in [2.45, 2.75) is 71.9 Å². The number of unbranched alkanes of at least 4 members (excludes halogenated alkanes) is 1. The van der Waals surface area contributed by atoms with E-state index >= 15 is 0 Å². The van der Waals surface area contributed by atoms with Crippen LogP contribution in [0.15, 0.2) is 0 Å². The number of hydrogen-bond donors (Lipinski definition) is 2. The molecular formula is C13H28N2. The van der Waals surface area contributed by atoms with Gasteiger partial charge >= 0.3 is 0 Å². The Morgan fingerprint density at radius 1 is 1.13 bits per heavy atom. The monoisotopic (exact) mass is 212 g/mol. The molecule has 1 aliphatic rings. The number of rotatable bonds is 6. The normalized spacial score (nSPS) is 28.6. The molecule has 0 aromatic heterocycles. The lowest BCUT2D eigenvalue weighted by Crippen LogP contribution is -2.38. The minimum absolute atomic E-state index is 0.672. The molecule has 3 unspecified atom stereocenters. The first-order valence-corrected chi connectivity index (χ1v) is 6.70. The predicted octanol–water partition coefficient (Wildman–Crippen LogP) is 3.09. The highest BCUT2D eigenvalue weighted by molar-refractivity contribution is 4.87. The molecule has 15 heavy (non-hydrogen) atoms. The van der Waals surface area contributed by atoms with Gasteiger partial charge in [-0.2, -0.15) is 0 Å². The van der Waals surface area contributed by atoms with Crippen LogP contribution in [0.2, 0.25) is 0 Å². The fourth-order valence-electron chi connectivity index (χ4n) is 2.51. The fraction of sp³-hybridized carbons (Fsp3) is 1.00. The van der Waals surface area contributed by atoms with Gasteiger partial charge in [-0.05, 0) is 24.7 Å². The molecule has 1 aliphatic heterocycles. The van der Waals surface area contributed by atoms with Crippen molar-refractivity contribution in [1.29, 1.82) is 0 Å². The molecule has 1 rings (SSSR count). The lowest BCUT2D eigenvalue weighted by atomic mass is 9.87. The van der Waals surface area contributed by atoms with Crippen LogP contribution in [0.4, 0.5) is 0 Å². The molecule has 0 aromatic rings. The van der Waals surface area contributed by atoms with Gasteiger partial charge in [-0.15, -0.1) is 0 Å². The second-order valence-electron chi connectivity index (χ2n) is 5.29. The molecule has 0 spiro atoms. The van der Waals surface area contributed by atoms with Crippen molar-refractivity contribution in [3.63, 3.8) is 0 Å². The van der Waals surface area contributed by atoms with Crippen LogP contribution >= 0.6 is 0 Å². The van der Waals surface area contributed by atoms with E-state index in [1.807, 2.05) is 0 Å². The Labute approximate surface area is 95.2 Å². The average molecular weight is 212 g/mol. The lowest BCUT2D eigenvalue weighted by molar-refractivity contribution is 0.335. The molecule has 2 heteroatoms. The maximum absolute atomic E-state index is 3.50. The van der Waals surface area contributed by atoms with E-state index in [0.29, 0.717) is 12.1 Å². The first kappa shape index (κ1) is 13.0. The third-order valence-electron chi connectivity index (χ3n) is 3.79. The third-order valence-corrected chi connectivity index (χ3v) is 3.79. The summed E-state index contributed by atoms with van der Waals surface area (Å²) in [7, 11) is 0. The van der Waals surface area contributed by atoms with Gasteiger partial charge in [0, 0.05) is 12.1 Å². The number of hydrazine groups is 1. The van der Waals surface area contributed by atoms with E-state index in [9.17, 15) is 0 Å². The van der Waals surface area contributed by atoms with Gasteiger partial charge in [-0.1, -0.05) is 47.0 Å². The Morgan fingerprint density at radius 3 is 2.27 bits per heavy atom. The Morgan fingerprint density at radius 2 is 1.80 bits per heavy atom. The summed E-state index contributed by atoms with van der Waals surface area (Å²) in [5, 5.41) is 0. The highest BCUT2D eigenvalue weighted by atomic mass is 15.4. The van der Waals surface area contributed by atoms with E-state index in [1.165, 1.54) is 32.1 Å². The summed E-state index contributed by atoms with van der Waals surface area (Å²) in [6.45, 7) is 9.21. The fourth-order valence-corrected chi connectivity index (χ4v) is 2.51. The SMILES string of the molecule is CCCCC(CC)C1CC(C(C)C)NN1. The molecule has 1 saturated heterocycles. The van der Waals surface area contributed by atoms with Gasteiger partial charge in [-0.25, -0.2) is 0 Å². The Kier molecular flexibility index (Phi) is 5.62. The van der Waals surface area contributed by atoms with Crippen molar-refractivity contribution in [3.8, 4) is 0 Å². The highest BCUT2D eigenvalue weighted by Gasteiger charge is 2.30. The molecule has 2 N–H and O–H groups in total. The third kappa shape index (κ3) is 3.76. The van der Waals surface area contributed by atoms with Gasteiger partial charge in [0.05, 0.1) is 0 Å². The molecule has 0 aromatic carbocycles. The van der Waals surface area contributed by atoms with E-state index < -0.39 is 0 Å². The van der Waals surface area contributed by atoms with Crippen LogP contribution in [0, 0.1) is 11.8 Å². The zero-order valence-electron chi connectivity index (χ0n) is 10.8. The van der Waals surface area contributed by atoms with E-state index in [-0.39, 0.29) is 0 Å². The molecular weight excluding hydrogens is 184 g/mol. The summed E-state index contributed by atoms with van der Waals surface area (Å²) in [5.41, 5.74) is 6.95. The van der Waals surface area contributed by atoms with Gasteiger partial charge in [0.2, 0.25) is 0 Å². The smallest absolute Gasteiger partial charge is 0.0256 e. The number of hydrogen-bond acceptors (Lipinski definition) is 2. The largest absolute Gasteiger partial charge is 0.254 e. The standard InChI is InChI=1S/C13H28N2/c1-5-7-8-11(6-2)13-9-12(10(3)4)14-15-13/h10-15H,5-9H2,1-4H3. The van der Waals surface area contributed by atoms with Crippen LogP contribution in [0.25, 0.3) is 0 Å². The minimum atomic E-state index is 0.672. The molecule has 1 heterocycles. The first-order valence-electron chi connectivity index (χ1n) is 6.70. The molecule has 90 valence electrons. The Bertz CT molecular complexity index is 168. The number of nitrogens with one attached hydrogen (secondary N) is 2. The van der Waals surface area contributed by atoms with Gasteiger partial charge in [0.1, 0.15) is 0 Å². The van der Waals surface area contributed by atoms with Gasteiger partial charge < -0.3 is 0 Å². The Balaban J connectivity index is 2.35. The van der Waals surface area contributed by atoms with Crippen LogP contribution < -0.4 is 10.9 Å². The summed E-state index contributed by atoms with van der Waals surface area (Å²) in [5.74, 6) is 1.60. The van der Waals surface area contributed by atoms with Crippen LogP contribution in [0.3, 0.4) is 0 Å². The summed E-state index contributed by atoms with van der Waals surface area (Å²) < 4.78 is 0. The maximum atomic E-state index is 3.50. The zero-order chi connectivity index (χ0) is 11.3. The van der Waals surface area contributed by atoms with E-state index in [4.69, 9.17) is 0 Å². The van der Waals surface area contributed by atoms with Crippen molar-refractivity contribution in [1.82, 2.24) is 10.9 Å². The first-order chi connectivity index (χ1) is 7.19. The van der Waals surface area contributed by atoms with Crippen molar-refractivity contribution < 1.29 is 0 Å². The van der Waals surface area contributed by atoms with Crippen LogP contribution in [0.1, 0.15) is 59.8 Å². The molecule has 0 bridgehead atoms. The van der Waals surface area contributed by atoms with Crippen LogP contribution in [-0.4, -0.2) is 12.1 Å². The lowest BCUT2D eigenvalue weighted by Gasteiger charge is -2.21. The van der Waals surface area contributed by atoms with Crippen molar-refractivity contribution in [3.05, 3.63) is 0 Å². The highest BCUT2D eigenvalue weighted by Crippen LogP contribution is 2.24. The quantitative estimate of drug-likeness (QED) is 0.707. The maximum Gasteiger partial charge on any atom is 0.0256 e. The topological polar surface area (TPSA) is 24.1 Å². The van der Waals surface area contributed by atoms with Crippen molar-refractivity contribution in [2.75, 3.05) is 0 Å². The summed E-state index contributed by atoms with van der Waals surface area (Å²) in [6, 6.07) is 1.37. The molecule has 0 saturated carbocycles. The molecule has 0 radical (unpaired) electrons. The summed E-state index contributed by atoms with van der Waals surface area (Å²) in [6.07, 6.45) is 6.70. The predicted molar refractivity (Wildman–Crippen MR) is 66.6 cm³/mol. The zero-order valence-corrected chi connectivity index (χ0v) is 10.8. The van der Waals surface area contributed by atoms with Gasteiger partial charge in [-0.3, -0.25) is 10.9 Å². The second-order valence-corrected chi connectivity index (χ2v) is 5.29. The molecule has 0 amide bonds. The van der Waals surface area contributed by atoms with E-state index in [1.54, 1.807) is 0 Å². The molecule has 0 aliphatic carbocycles. The molecule has 1 fully saturated rings. The van der Waals surface area contributed by atoms with Crippen molar-refractivity contribution >= 4 is 0 Å².